The summed E-state index contributed by atoms with van der Waals surface area (Å²) in [5, 5.41) is 3.50. The fraction of sp³-hybridized carbons (Fsp3) is 0.520. The van der Waals surface area contributed by atoms with E-state index >= 15 is 0 Å². The highest BCUT2D eigenvalue weighted by Crippen LogP contribution is 2.29. The zero-order valence-electron chi connectivity index (χ0n) is 18.2. The van der Waals surface area contributed by atoms with Crippen LogP contribution in [0.25, 0.3) is 0 Å². The molecule has 2 aromatic rings. The van der Waals surface area contributed by atoms with Gasteiger partial charge in [-0.15, -0.1) is 0 Å². The van der Waals surface area contributed by atoms with Crippen LogP contribution in [0.1, 0.15) is 65.4 Å². The van der Waals surface area contributed by atoms with E-state index in [0.29, 0.717) is 11.8 Å². The summed E-state index contributed by atoms with van der Waals surface area (Å²) >= 11 is 0. The van der Waals surface area contributed by atoms with Crippen LogP contribution in [0.2, 0.25) is 0 Å². The summed E-state index contributed by atoms with van der Waals surface area (Å²) in [5.74, 6) is 3.11. The van der Waals surface area contributed by atoms with Gasteiger partial charge in [0, 0.05) is 5.69 Å². The lowest BCUT2D eigenvalue weighted by molar-refractivity contribution is 0.207. The molecule has 28 heavy (non-hydrogen) atoms. The Morgan fingerprint density at radius 1 is 0.893 bits per heavy atom. The third kappa shape index (κ3) is 7.10. The molecule has 154 valence electrons. The normalized spacial score (nSPS) is 13.2. The van der Waals surface area contributed by atoms with Crippen molar-refractivity contribution >= 4 is 5.69 Å². The summed E-state index contributed by atoms with van der Waals surface area (Å²) in [7, 11) is 0. The number of benzene rings is 2. The maximum Gasteiger partial charge on any atom is 0.123 e. The molecule has 0 aromatic heterocycles. The van der Waals surface area contributed by atoms with Crippen molar-refractivity contribution in [3.63, 3.8) is 0 Å². The summed E-state index contributed by atoms with van der Waals surface area (Å²) in [6.45, 7) is 12.6. The van der Waals surface area contributed by atoms with Crippen LogP contribution in [0.5, 0.6) is 11.5 Å². The van der Waals surface area contributed by atoms with Crippen LogP contribution in [-0.2, 0) is 0 Å². The lowest BCUT2D eigenvalue weighted by atomic mass is 9.98. The van der Waals surface area contributed by atoms with Gasteiger partial charge in [-0.05, 0) is 67.0 Å². The van der Waals surface area contributed by atoms with Crippen LogP contribution in [0.4, 0.5) is 5.69 Å². The summed E-state index contributed by atoms with van der Waals surface area (Å²) in [6, 6.07) is 16.6. The van der Waals surface area contributed by atoms with Gasteiger partial charge >= 0.3 is 0 Å². The first-order chi connectivity index (χ1) is 13.5. The Balaban J connectivity index is 1.89. The van der Waals surface area contributed by atoms with Gasteiger partial charge in [0.2, 0.25) is 0 Å². The van der Waals surface area contributed by atoms with Crippen LogP contribution < -0.4 is 14.8 Å². The molecular weight excluding hydrogens is 346 g/mol. The molecule has 3 heteroatoms. The van der Waals surface area contributed by atoms with Gasteiger partial charge in [0.1, 0.15) is 17.6 Å². The molecule has 0 bridgehead atoms. The molecule has 2 aromatic carbocycles. The third-order valence-electron chi connectivity index (χ3n) is 5.16. The number of hydrogen-bond donors (Lipinski definition) is 1. The van der Waals surface area contributed by atoms with Crippen molar-refractivity contribution in [2.45, 2.75) is 65.9 Å². The van der Waals surface area contributed by atoms with E-state index in [1.165, 1.54) is 5.56 Å². The highest BCUT2D eigenvalue weighted by Gasteiger charge is 2.14. The minimum Gasteiger partial charge on any atom is -0.494 e. The molecule has 0 heterocycles. The fourth-order valence-corrected chi connectivity index (χ4v) is 2.98. The van der Waals surface area contributed by atoms with Crippen molar-refractivity contribution in [3.05, 3.63) is 54.1 Å². The standard InChI is InChI=1S/C25H37NO2/c1-6-20(5)24-10-8-9-11-25(24)28-22(7-2)18-26-21-12-14-23(15-13-21)27-17-16-19(3)4/h8-15,19-20,22,26H,6-7,16-18H2,1-5H3. The molecule has 1 N–H and O–H groups in total. The number of rotatable bonds is 12. The van der Waals surface area contributed by atoms with Crippen LogP contribution in [0.15, 0.2) is 48.5 Å². The van der Waals surface area contributed by atoms with Gasteiger partial charge in [0.25, 0.3) is 0 Å². The zero-order chi connectivity index (χ0) is 20.4. The molecule has 0 aliphatic heterocycles. The molecule has 0 amide bonds. The highest BCUT2D eigenvalue weighted by molar-refractivity contribution is 5.46. The Bertz CT molecular complexity index is 681. The lowest BCUT2D eigenvalue weighted by Crippen LogP contribution is -2.26. The van der Waals surface area contributed by atoms with Crippen molar-refractivity contribution in [2.75, 3.05) is 18.5 Å². The summed E-state index contributed by atoms with van der Waals surface area (Å²) < 4.78 is 12.1. The second kappa shape index (κ2) is 11.6. The number of ether oxygens (including phenoxy) is 2. The van der Waals surface area contributed by atoms with E-state index in [0.717, 1.165) is 49.6 Å². The first kappa shape index (κ1) is 22.1. The van der Waals surface area contributed by atoms with E-state index in [9.17, 15) is 0 Å². The van der Waals surface area contributed by atoms with Crippen molar-refractivity contribution in [3.8, 4) is 11.5 Å². The number of anilines is 1. The topological polar surface area (TPSA) is 30.5 Å². The molecule has 2 atom stereocenters. The average molecular weight is 384 g/mol. The molecule has 0 radical (unpaired) electrons. The zero-order valence-corrected chi connectivity index (χ0v) is 18.2. The highest BCUT2D eigenvalue weighted by atomic mass is 16.5. The molecule has 0 spiro atoms. The predicted molar refractivity (Wildman–Crippen MR) is 120 cm³/mol. The fourth-order valence-electron chi connectivity index (χ4n) is 2.98. The number of hydrogen-bond acceptors (Lipinski definition) is 3. The Morgan fingerprint density at radius 2 is 1.61 bits per heavy atom. The number of nitrogens with one attached hydrogen (secondary N) is 1. The van der Waals surface area contributed by atoms with Gasteiger partial charge in [-0.3, -0.25) is 0 Å². The van der Waals surface area contributed by atoms with E-state index in [4.69, 9.17) is 9.47 Å². The maximum absolute atomic E-state index is 6.35. The van der Waals surface area contributed by atoms with Crippen LogP contribution in [0.3, 0.4) is 0 Å². The Morgan fingerprint density at radius 3 is 2.25 bits per heavy atom. The van der Waals surface area contributed by atoms with Gasteiger partial charge in [-0.25, -0.2) is 0 Å². The summed E-state index contributed by atoms with van der Waals surface area (Å²) in [5.41, 5.74) is 2.39. The lowest BCUT2D eigenvalue weighted by Gasteiger charge is -2.22. The molecule has 0 aliphatic carbocycles. The molecule has 0 saturated heterocycles. The average Bonchev–Trinajstić information content (AvgIpc) is 2.71. The Kier molecular flexibility index (Phi) is 9.19. The molecule has 0 fully saturated rings. The SMILES string of the molecule is CCC(CNc1ccc(OCCC(C)C)cc1)Oc1ccccc1C(C)CC. The van der Waals surface area contributed by atoms with Crippen LogP contribution in [-0.4, -0.2) is 19.3 Å². The van der Waals surface area contributed by atoms with Gasteiger partial charge in [0.15, 0.2) is 0 Å². The first-order valence-corrected chi connectivity index (χ1v) is 10.8. The van der Waals surface area contributed by atoms with Crippen molar-refractivity contribution in [1.29, 1.82) is 0 Å². The predicted octanol–water partition coefficient (Wildman–Crippen LogP) is 6.89. The van der Waals surface area contributed by atoms with Gasteiger partial charge in [-0.2, -0.15) is 0 Å². The van der Waals surface area contributed by atoms with E-state index in [2.05, 4.69) is 76.3 Å². The van der Waals surface area contributed by atoms with Crippen LogP contribution >= 0.6 is 0 Å². The number of para-hydroxylation sites is 1. The van der Waals surface area contributed by atoms with Gasteiger partial charge in [-0.1, -0.05) is 52.8 Å². The quantitative estimate of drug-likeness (QED) is 0.432. The largest absolute Gasteiger partial charge is 0.494 e. The molecule has 0 saturated carbocycles. The third-order valence-corrected chi connectivity index (χ3v) is 5.16. The minimum atomic E-state index is 0.132. The smallest absolute Gasteiger partial charge is 0.123 e. The minimum absolute atomic E-state index is 0.132. The Labute approximate surface area is 171 Å². The molecule has 3 nitrogen and oxygen atoms in total. The van der Waals surface area contributed by atoms with Gasteiger partial charge < -0.3 is 14.8 Å². The second-order valence-corrected chi connectivity index (χ2v) is 7.93. The maximum atomic E-state index is 6.35. The van der Waals surface area contributed by atoms with Gasteiger partial charge in [0.05, 0.1) is 13.2 Å². The van der Waals surface area contributed by atoms with Crippen LogP contribution in [0, 0.1) is 5.92 Å². The van der Waals surface area contributed by atoms with E-state index in [-0.39, 0.29) is 6.10 Å². The Hall–Kier alpha value is -2.16. The van der Waals surface area contributed by atoms with E-state index in [1.807, 2.05) is 12.1 Å². The van der Waals surface area contributed by atoms with Crippen molar-refractivity contribution < 1.29 is 9.47 Å². The molecule has 0 aliphatic rings. The summed E-state index contributed by atoms with van der Waals surface area (Å²) in [4.78, 5) is 0. The molecule has 2 unspecified atom stereocenters. The molecule has 2 rings (SSSR count). The summed E-state index contributed by atoms with van der Waals surface area (Å²) in [6.07, 6.45) is 3.28. The second-order valence-electron chi connectivity index (χ2n) is 7.93. The first-order valence-electron chi connectivity index (χ1n) is 10.8. The van der Waals surface area contributed by atoms with Crippen molar-refractivity contribution in [2.24, 2.45) is 5.92 Å². The van der Waals surface area contributed by atoms with E-state index in [1.54, 1.807) is 0 Å². The molecular formula is C25H37NO2. The monoisotopic (exact) mass is 383 g/mol. The van der Waals surface area contributed by atoms with Crippen molar-refractivity contribution in [1.82, 2.24) is 0 Å². The van der Waals surface area contributed by atoms with E-state index < -0.39 is 0 Å².